The Labute approximate surface area is 104 Å². The first-order valence-electron chi connectivity index (χ1n) is 7.91. The molecule has 0 atom stereocenters. The van der Waals surface area contributed by atoms with Gasteiger partial charge in [0.1, 0.15) is 0 Å². The Morgan fingerprint density at radius 3 is 2.94 bits per heavy atom. The van der Waals surface area contributed by atoms with Crippen molar-refractivity contribution in [3.8, 4) is 0 Å². The van der Waals surface area contributed by atoms with Crippen molar-refractivity contribution in [1.29, 1.82) is 0 Å². The maximum atomic E-state index is 9.47. The van der Waals surface area contributed by atoms with Gasteiger partial charge in [-0.3, -0.25) is 0 Å². The molecule has 0 amide bonds. The third kappa shape index (κ3) is 2.26. The van der Waals surface area contributed by atoms with Crippen LogP contribution < -0.4 is 0 Å². The maximum Gasteiger partial charge on any atom is 0.0682 e. The van der Waals surface area contributed by atoms with Crippen LogP contribution in [0.5, 0.6) is 0 Å². The minimum absolute atomic E-state index is 0.0120. The fourth-order valence-corrected chi connectivity index (χ4v) is 1.47. The largest absolute Gasteiger partial charge is 0.392 e. The topological polar surface area (TPSA) is 39.3 Å². The molecule has 0 aliphatic heterocycles. The quantitative estimate of drug-likeness (QED) is 0.830. The van der Waals surface area contributed by atoms with Gasteiger partial charge in [0, 0.05) is 29.1 Å². The van der Waals surface area contributed by atoms with E-state index in [4.69, 9.17) is 8.22 Å². The second kappa shape index (κ2) is 4.68. The van der Waals surface area contributed by atoms with Gasteiger partial charge < -0.3 is 15.0 Å². The van der Waals surface area contributed by atoms with Crippen LogP contribution in [0.3, 0.4) is 0 Å². The van der Waals surface area contributed by atoms with E-state index in [9.17, 15) is 5.11 Å². The summed E-state index contributed by atoms with van der Waals surface area (Å²) in [5.74, 6) is 0. The molecule has 16 heavy (non-hydrogen) atoms. The molecule has 0 radical (unpaired) electrons. The third-order valence-corrected chi connectivity index (χ3v) is 2.23. The summed E-state index contributed by atoms with van der Waals surface area (Å²) in [5, 5.41) is 9.81. The SMILES string of the molecule is [2H]C([2H])(O)c1ccc2[nH]cc(C([2H])([2H])C([2H])([2H])N(C)C)c2c1. The lowest BCUT2D eigenvalue weighted by Gasteiger charge is -2.08. The molecule has 0 unspecified atom stereocenters. The molecule has 2 N–H and O–H groups in total. The van der Waals surface area contributed by atoms with Crippen LogP contribution in [0.4, 0.5) is 0 Å². The van der Waals surface area contributed by atoms with Crippen LogP contribution in [0.15, 0.2) is 24.4 Å². The van der Waals surface area contributed by atoms with Crippen LogP contribution in [0.2, 0.25) is 0 Å². The van der Waals surface area contributed by atoms with Gasteiger partial charge in [-0.15, -0.1) is 0 Å². The number of fused-ring (bicyclic) bond motifs is 1. The molecular formula is C13H18N2O. The first-order valence-corrected chi connectivity index (χ1v) is 4.91. The Hall–Kier alpha value is -1.32. The lowest BCUT2D eigenvalue weighted by molar-refractivity contribution is 0.282. The molecule has 1 aromatic heterocycles. The van der Waals surface area contributed by atoms with Gasteiger partial charge in [0.15, 0.2) is 0 Å². The molecule has 2 aromatic rings. The Kier molecular flexibility index (Phi) is 1.71. The van der Waals surface area contributed by atoms with Crippen molar-refractivity contribution < 1.29 is 13.3 Å². The van der Waals surface area contributed by atoms with Crippen molar-refractivity contribution in [2.24, 2.45) is 0 Å². The van der Waals surface area contributed by atoms with Crippen molar-refractivity contribution in [2.75, 3.05) is 20.6 Å². The van der Waals surface area contributed by atoms with E-state index >= 15 is 0 Å². The van der Waals surface area contributed by atoms with Crippen molar-refractivity contribution in [1.82, 2.24) is 9.88 Å². The number of aromatic nitrogens is 1. The summed E-state index contributed by atoms with van der Waals surface area (Å²) in [7, 11) is 2.90. The number of hydrogen-bond acceptors (Lipinski definition) is 2. The number of H-pyrrole nitrogens is 1. The molecule has 0 saturated carbocycles. The number of nitrogens with one attached hydrogen (secondary N) is 1. The highest BCUT2D eigenvalue weighted by molar-refractivity contribution is 5.83. The number of aromatic amines is 1. The number of aryl methyl sites for hydroxylation is 1. The highest BCUT2D eigenvalue weighted by Gasteiger charge is 2.04. The number of nitrogens with zero attached hydrogens (tertiary/aromatic N) is 1. The number of likely N-dealkylation sites (N-methyl/N-ethyl adjacent to an activating group) is 1. The third-order valence-electron chi connectivity index (χ3n) is 2.23. The molecule has 0 bridgehead atoms. The van der Waals surface area contributed by atoms with E-state index in [-0.39, 0.29) is 11.1 Å². The highest BCUT2D eigenvalue weighted by atomic mass is 16.3. The smallest absolute Gasteiger partial charge is 0.0682 e. The number of hydrogen-bond donors (Lipinski definition) is 2. The molecule has 0 spiro atoms. The van der Waals surface area contributed by atoms with Gasteiger partial charge in [0.05, 0.1) is 9.30 Å². The van der Waals surface area contributed by atoms with Crippen molar-refractivity contribution in [3.05, 3.63) is 35.5 Å². The van der Waals surface area contributed by atoms with Crippen LogP contribution in [-0.2, 0) is 12.9 Å². The summed E-state index contributed by atoms with van der Waals surface area (Å²) in [4.78, 5) is 4.01. The highest BCUT2D eigenvalue weighted by Crippen LogP contribution is 2.20. The number of aliphatic hydroxyl groups is 1. The zero-order valence-electron chi connectivity index (χ0n) is 15.2. The van der Waals surface area contributed by atoms with E-state index in [1.807, 2.05) is 0 Å². The average molecular weight is 224 g/mol. The molecular weight excluding hydrogens is 200 g/mol. The molecule has 0 fully saturated rings. The summed E-state index contributed by atoms with van der Waals surface area (Å²) in [6, 6.07) is 4.27. The van der Waals surface area contributed by atoms with Gasteiger partial charge in [-0.25, -0.2) is 0 Å². The molecule has 86 valence electrons. The lowest BCUT2D eigenvalue weighted by atomic mass is 10.1. The zero-order valence-corrected chi connectivity index (χ0v) is 9.20. The van der Waals surface area contributed by atoms with Crippen LogP contribution in [0, 0.1) is 0 Å². The normalized spacial score (nSPS) is 19.8. The molecule has 0 saturated heterocycles. The zero-order chi connectivity index (χ0) is 16.9. The second-order valence-electron chi connectivity index (χ2n) is 3.71. The summed E-state index contributed by atoms with van der Waals surface area (Å²) in [5.41, 5.74) is 0.607. The van der Waals surface area contributed by atoms with E-state index in [2.05, 4.69) is 4.98 Å². The minimum atomic E-state index is -2.55. The Balaban J connectivity index is 2.66. The molecule has 2 rings (SSSR count). The molecule has 0 aliphatic rings. The molecule has 1 heterocycles. The molecule has 3 heteroatoms. The van der Waals surface area contributed by atoms with E-state index in [1.54, 1.807) is 0 Å². The average Bonchev–Trinajstić information content (AvgIpc) is 2.80. The standard InChI is InChI=1S/C13H18N2O/c1-15(2)6-5-11-8-14-13-4-3-10(9-16)7-12(11)13/h3-4,7-8,14,16H,5-6,9H2,1-2H3/i5D2,6D2,9D2. The van der Waals surface area contributed by atoms with Gasteiger partial charge in [0.2, 0.25) is 0 Å². The van der Waals surface area contributed by atoms with Gasteiger partial charge in [0.25, 0.3) is 0 Å². The maximum absolute atomic E-state index is 9.47. The van der Waals surface area contributed by atoms with Crippen LogP contribution in [0.25, 0.3) is 10.9 Å². The Bertz CT molecular complexity index is 689. The molecule has 0 aliphatic carbocycles. The first kappa shape index (κ1) is 5.84. The van der Waals surface area contributed by atoms with Crippen molar-refractivity contribution in [2.45, 2.75) is 12.9 Å². The van der Waals surface area contributed by atoms with Crippen LogP contribution >= 0.6 is 0 Å². The number of rotatable bonds is 4. The van der Waals surface area contributed by atoms with E-state index in [0.717, 1.165) is 4.90 Å². The monoisotopic (exact) mass is 224 g/mol. The number of benzene rings is 1. The van der Waals surface area contributed by atoms with E-state index in [0.29, 0.717) is 10.9 Å². The Morgan fingerprint density at radius 2 is 2.25 bits per heavy atom. The van der Waals surface area contributed by atoms with E-state index < -0.39 is 19.4 Å². The summed E-state index contributed by atoms with van der Waals surface area (Å²) >= 11 is 0. The van der Waals surface area contributed by atoms with Gasteiger partial charge in [-0.05, 0) is 43.7 Å². The Morgan fingerprint density at radius 1 is 1.44 bits per heavy atom. The van der Waals surface area contributed by atoms with Crippen LogP contribution in [0.1, 0.15) is 19.4 Å². The lowest BCUT2D eigenvalue weighted by Crippen LogP contribution is -2.14. The second-order valence-corrected chi connectivity index (χ2v) is 3.71. The van der Waals surface area contributed by atoms with Gasteiger partial charge in [-0.2, -0.15) is 0 Å². The van der Waals surface area contributed by atoms with Crippen LogP contribution in [-0.4, -0.2) is 35.6 Å². The fourth-order valence-electron chi connectivity index (χ4n) is 1.47. The first-order chi connectivity index (χ1) is 9.89. The fraction of sp³-hybridized carbons (Fsp3) is 0.385. The predicted octanol–water partition coefficient (Wildman–Crippen LogP) is 1.76. The minimum Gasteiger partial charge on any atom is -0.392 e. The van der Waals surface area contributed by atoms with E-state index in [1.165, 1.54) is 38.5 Å². The van der Waals surface area contributed by atoms with Crippen molar-refractivity contribution >= 4 is 10.9 Å². The molecule has 3 nitrogen and oxygen atoms in total. The summed E-state index contributed by atoms with van der Waals surface area (Å²) in [6.45, 7) is -4.81. The van der Waals surface area contributed by atoms with Crippen molar-refractivity contribution in [3.63, 3.8) is 0 Å². The van der Waals surface area contributed by atoms with Gasteiger partial charge in [-0.1, -0.05) is 6.07 Å². The van der Waals surface area contributed by atoms with Gasteiger partial charge >= 0.3 is 0 Å². The molecule has 1 aromatic carbocycles. The summed E-state index contributed by atoms with van der Waals surface area (Å²) < 4.78 is 47.1. The summed E-state index contributed by atoms with van der Waals surface area (Å²) in [6.07, 6.45) is -0.960. The predicted molar refractivity (Wildman–Crippen MR) is 66.5 cm³/mol.